The molecule has 3 rings (SSSR count). The van der Waals surface area contributed by atoms with Gasteiger partial charge in [0.25, 0.3) is 0 Å². The highest BCUT2D eigenvalue weighted by atomic mass is 35.5. The minimum Gasteiger partial charge on any atom is -0.364 e. The van der Waals surface area contributed by atoms with E-state index in [0.717, 1.165) is 17.5 Å². The van der Waals surface area contributed by atoms with Crippen molar-refractivity contribution in [3.63, 3.8) is 0 Å². The van der Waals surface area contributed by atoms with Gasteiger partial charge in [0.2, 0.25) is 0 Å². The van der Waals surface area contributed by atoms with E-state index in [9.17, 15) is 5.26 Å². The molecule has 0 aromatic heterocycles. The van der Waals surface area contributed by atoms with Crippen molar-refractivity contribution in [3.8, 4) is 6.07 Å². The van der Waals surface area contributed by atoms with Crippen molar-refractivity contribution in [2.24, 2.45) is 0 Å². The number of rotatable bonds is 3. The fraction of sp³-hybridized carbons (Fsp3) is 0.400. The second-order valence-electron chi connectivity index (χ2n) is 8.83. The number of allylic oxidation sites excluding steroid dienone is 1. The van der Waals surface area contributed by atoms with Crippen LogP contribution in [0.1, 0.15) is 69.2 Å². The van der Waals surface area contributed by atoms with Crippen LogP contribution < -0.4 is 4.90 Å². The zero-order valence-electron chi connectivity index (χ0n) is 17.7. The van der Waals surface area contributed by atoms with E-state index in [1.165, 1.54) is 16.8 Å². The molecule has 0 amide bonds. The molecule has 146 valence electrons. The van der Waals surface area contributed by atoms with E-state index in [4.69, 9.17) is 11.6 Å². The van der Waals surface area contributed by atoms with Gasteiger partial charge in [-0.3, -0.25) is 0 Å². The molecule has 28 heavy (non-hydrogen) atoms. The lowest BCUT2D eigenvalue weighted by atomic mass is 9.78. The first-order valence-electron chi connectivity index (χ1n) is 9.95. The third-order valence-corrected chi connectivity index (χ3v) is 5.97. The average molecular weight is 393 g/mol. The predicted molar refractivity (Wildman–Crippen MR) is 121 cm³/mol. The smallest absolute Gasteiger partial charge is 0.0998 e. The van der Waals surface area contributed by atoms with Crippen LogP contribution in [0.4, 0.5) is 5.69 Å². The third-order valence-electron chi connectivity index (χ3n) is 5.74. The molecule has 1 unspecified atom stereocenters. The molecule has 1 atom stereocenters. The molecule has 1 heterocycles. The van der Waals surface area contributed by atoms with Crippen LogP contribution in [0, 0.1) is 18.3 Å². The molecule has 2 nitrogen and oxygen atoms in total. The molecule has 1 aliphatic rings. The largest absolute Gasteiger partial charge is 0.364 e. The molecule has 1 aliphatic heterocycles. The average Bonchev–Trinajstić information content (AvgIpc) is 2.59. The van der Waals surface area contributed by atoms with Crippen LogP contribution in [0.3, 0.4) is 0 Å². The monoisotopic (exact) mass is 392 g/mol. The topological polar surface area (TPSA) is 27.0 Å². The molecule has 2 aromatic rings. The first kappa shape index (κ1) is 20.5. The van der Waals surface area contributed by atoms with E-state index >= 15 is 0 Å². The Morgan fingerprint density at radius 2 is 2.00 bits per heavy atom. The zero-order chi connectivity index (χ0) is 20.6. The number of halogens is 1. The van der Waals surface area contributed by atoms with E-state index < -0.39 is 0 Å². The second kappa shape index (κ2) is 7.64. The van der Waals surface area contributed by atoms with Crippen molar-refractivity contribution < 1.29 is 0 Å². The number of aryl methyl sites for hydroxylation is 1. The maximum absolute atomic E-state index is 9.73. The number of nitrogens with zero attached hydrogens (tertiary/aromatic N) is 2. The van der Waals surface area contributed by atoms with Gasteiger partial charge in [0.1, 0.15) is 0 Å². The van der Waals surface area contributed by atoms with Gasteiger partial charge in [0.15, 0.2) is 0 Å². The quantitative estimate of drug-likeness (QED) is 0.407. The SMILES string of the molecule is Cc1cc2c(cc1/C=C(/C#N)c1cccc(Cl)c1)C(C)CC(C)(C)N2C(C)C. The summed E-state index contributed by atoms with van der Waals surface area (Å²) in [6.07, 6.45) is 3.11. The second-order valence-corrected chi connectivity index (χ2v) is 9.27. The number of nitriles is 1. The van der Waals surface area contributed by atoms with Crippen LogP contribution in [-0.2, 0) is 0 Å². The highest BCUT2D eigenvalue weighted by Crippen LogP contribution is 2.45. The minimum atomic E-state index is 0.128. The summed E-state index contributed by atoms with van der Waals surface area (Å²) in [6, 6.07) is 14.8. The Morgan fingerprint density at radius 3 is 2.61 bits per heavy atom. The van der Waals surface area contributed by atoms with Gasteiger partial charge in [0, 0.05) is 22.3 Å². The molecule has 0 spiro atoms. The standard InChI is InChI=1S/C25H29ClN2/c1-16(2)28-24-10-17(3)20(13-23(24)18(4)14-25(28,5)6)11-21(15-27)19-8-7-9-22(26)12-19/h7-13,16,18H,14H2,1-6H3/b21-11-. The first-order valence-corrected chi connectivity index (χ1v) is 10.3. The fourth-order valence-electron chi connectivity index (χ4n) is 4.74. The molecule has 0 radical (unpaired) electrons. The van der Waals surface area contributed by atoms with E-state index in [0.29, 0.717) is 22.6 Å². The van der Waals surface area contributed by atoms with Gasteiger partial charge in [-0.2, -0.15) is 5.26 Å². The summed E-state index contributed by atoms with van der Waals surface area (Å²) in [6.45, 7) is 13.6. The summed E-state index contributed by atoms with van der Waals surface area (Å²) in [7, 11) is 0. The number of hydrogen-bond donors (Lipinski definition) is 0. The summed E-state index contributed by atoms with van der Waals surface area (Å²) >= 11 is 6.12. The van der Waals surface area contributed by atoms with Crippen molar-refractivity contribution in [1.82, 2.24) is 0 Å². The lowest BCUT2D eigenvalue weighted by molar-refractivity contribution is 0.356. The Bertz CT molecular complexity index is 963. The summed E-state index contributed by atoms with van der Waals surface area (Å²) in [5.41, 5.74) is 6.60. The molecular weight excluding hydrogens is 364 g/mol. The molecule has 0 fully saturated rings. The fourth-order valence-corrected chi connectivity index (χ4v) is 4.93. The number of fused-ring (bicyclic) bond motifs is 1. The number of anilines is 1. The van der Waals surface area contributed by atoms with Crippen LogP contribution in [0.25, 0.3) is 11.6 Å². The van der Waals surface area contributed by atoms with Crippen molar-refractivity contribution in [2.75, 3.05) is 4.90 Å². The lowest BCUT2D eigenvalue weighted by Gasteiger charge is -2.50. The normalized spacial score (nSPS) is 18.8. The number of hydrogen-bond acceptors (Lipinski definition) is 2. The maximum Gasteiger partial charge on any atom is 0.0998 e. The van der Waals surface area contributed by atoms with Crippen molar-refractivity contribution in [1.29, 1.82) is 5.26 Å². The van der Waals surface area contributed by atoms with Gasteiger partial charge in [-0.25, -0.2) is 0 Å². The number of benzene rings is 2. The van der Waals surface area contributed by atoms with E-state index in [1.807, 2.05) is 30.3 Å². The van der Waals surface area contributed by atoms with Crippen LogP contribution in [0.5, 0.6) is 0 Å². The van der Waals surface area contributed by atoms with Gasteiger partial charge >= 0.3 is 0 Å². The molecule has 0 saturated carbocycles. The molecule has 0 bridgehead atoms. The lowest BCUT2D eigenvalue weighted by Crippen LogP contribution is -2.51. The van der Waals surface area contributed by atoms with Gasteiger partial charge in [-0.15, -0.1) is 0 Å². The van der Waals surface area contributed by atoms with Crippen molar-refractivity contribution in [2.45, 2.75) is 65.5 Å². The van der Waals surface area contributed by atoms with E-state index in [-0.39, 0.29) is 5.54 Å². The highest BCUT2D eigenvalue weighted by molar-refractivity contribution is 6.30. The van der Waals surface area contributed by atoms with Gasteiger partial charge < -0.3 is 4.90 Å². The van der Waals surface area contributed by atoms with Gasteiger partial charge in [-0.05, 0) is 99.6 Å². The Hall–Kier alpha value is -2.24. The minimum absolute atomic E-state index is 0.128. The Morgan fingerprint density at radius 1 is 1.29 bits per heavy atom. The predicted octanol–water partition coefficient (Wildman–Crippen LogP) is 7.21. The Labute approximate surface area is 174 Å². The summed E-state index contributed by atoms with van der Waals surface area (Å²) in [5, 5.41) is 10.4. The van der Waals surface area contributed by atoms with Crippen LogP contribution >= 0.6 is 11.6 Å². The third kappa shape index (κ3) is 3.82. The zero-order valence-corrected chi connectivity index (χ0v) is 18.4. The van der Waals surface area contributed by atoms with Crippen molar-refractivity contribution >= 4 is 28.9 Å². The summed E-state index contributed by atoms with van der Waals surface area (Å²) in [4.78, 5) is 2.55. The highest BCUT2D eigenvalue weighted by Gasteiger charge is 2.37. The molecule has 3 heteroatoms. The summed E-state index contributed by atoms with van der Waals surface area (Å²) in [5.74, 6) is 0.476. The van der Waals surface area contributed by atoms with Gasteiger partial charge in [0.05, 0.1) is 11.6 Å². The molecule has 0 saturated heterocycles. The van der Waals surface area contributed by atoms with Crippen molar-refractivity contribution in [3.05, 3.63) is 63.7 Å². The Balaban J connectivity index is 2.13. The van der Waals surface area contributed by atoms with E-state index in [2.05, 4.69) is 64.6 Å². The first-order chi connectivity index (χ1) is 13.1. The molecule has 0 aliphatic carbocycles. The van der Waals surface area contributed by atoms with Gasteiger partial charge in [-0.1, -0.05) is 30.7 Å². The van der Waals surface area contributed by atoms with Crippen LogP contribution in [0.15, 0.2) is 36.4 Å². The van der Waals surface area contributed by atoms with Crippen LogP contribution in [-0.4, -0.2) is 11.6 Å². The molecular formula is C25H29ClN2. The molecule has 0 N–H and O–H groups in total. The molecule has 2 aromatic carbocycles. The Kier molecular flexibility index (Phi) is 5.60. The summed E-state index contributed by atoms with van der Waals surface area (Å²) < 4.78 is 0. The van der Waals surface area contributed by atoms with E-state index in [1.54, 1.807) is 0 Å². The van der Waals surface area contributed by atoms with Crippen LogP contribution in [0.2, 0.25) is 5.02 Å². The maximum atomic E-state index is 9.73.